The minimum absolute atomic E-state index is 0.173. The summed E-state index contributed by atoms with van der Waals surface area (Å²) in [5, 5.41) is 4.29. The van der Waals surface area contributed by atoms with Gasteiger partial charge in [-0.15, -0.1) is 0 Å². The van der Waals surface area contributed by atoms with Crippen LogP contribution in [0.4, 0.5) is 0 Å². The lowest BCUT2D eigenvalue weighted by Gasteiger charge is -2.06. The summed E-state index contributed by atoms with van der Waals surface area (Å²) in [5.41, 5.74) is 1.36. The quantitative estimate of drug-likeness (QED) is 0.770. The van der Waals surface area contributed by atoms with E-state index in [1.165, 1.54) is 0 Å². The third-order valence-electron chi connectivity index (χ3n) is 2.63. The minimum Gasteiger partial charge on any atom is -0.379 e. The van der Waals surface area contributed by atoms with Crippen molar-refractivity contribution in [2.24, 2.45) is 0 Å². The Bertz CT molecular complexity index is 477. The molecule has 1 unspecified atom stereocenters. The molecule has 90 valence electrons. The summed E-state index contributed by atoms with van der Waals surface area (Å²) in [6.07, 6.45) is 2.66. The molecule has 1 saturated heterocycles. The van der Waals surface area contributed by atoms with Crippen molar-refractivity contribution in [2.75, 3.05) is 13.2 Å². The van der Waals surface area contributed by atoms with Crippen LogP contribution >= 0.6 is 10.7 Å². The summed E-state index contributed by atoms with van der Waals surface area (Å²) >= 11 is 0. The molecule has 1 aliphatic rings. The molecule has 1 aromatic heterocycles. The molecule has 16 heavy (non-hydrogen) atoms. The molecule has 0 aromatic carbocycles. The first-order valence-corrected chi connectivity index (χ1v) is 7.48. The van der Waals surface area contributed by atoms with Gasteiger partial charge in [0.2, 0.25) is 9.05 Å². The summed E-state index contributed by atoms with van der Waals surface area (Å²) in [6, 6.07) is 0.213. The molecular formula is C9H13ClN2O3S. The molecule has 0 amide bonds. The maximum atomic E-state index is 11.0. The van der Waals surface area contributed by atoms with Gasteiger partial charge in [-0.1, -0.05) is 0 Å². The average molecular weight is 265 g/mol. The fourth-order valence-electron chi connectivity index (χ4n) is 1.76. The summed E-state index contributed by atoms with van der Waals surface area (Å²) in [4.78, 5) is 0. The smallest absolute Gasteiger partial charge is 0.236 e. The number of hydrogen-bond acceptors (Lipinski definition) is 4. The number of halogens is 1. The number of aromatic nitrogens is 2. The molecule has 1 fully saturated rings. The summed E-state index contributed by atoms with van der Waals surface area (Å²) < 4.78 is 29.0. The molecule has 7 heteroatoms. The zero-order chi connectivity index (χ0) is 11.8. The van der Waals surface area contributed by atoms with Gasteiger partial charge in [-0.3, -0.25) is 4.68 Å². The van der Waals surface area contributed by atoms with Crippen LogP contribution in [0, 0.1) is 6.92 Å². The second-order valence-corrected chi connectivity index (χ2v) is 6.70. The molecule has 2 rings (SSSR count). The number of ether oxygens (including phenoxy) is 1. The third kappa shape index (κ3) is 2.75. The van der Waals surface area contributed by atoms with Crippen LogP contribution in [0.5, 0.6) is 0 Å². The monoisotopic (exact) mass is 264 g/mol. The molecule has 1 aliphatic heterocycles. The van der Waals surface area contributed by atoms with Crippen LogP contribution in [-0.2, 0) is 19.5 Å². The van der Waals surface area contributed by atoms with Crippen molar-refractivity contribution < 1.29 is 13.2 Å². The molecule has 1 atom stereocenters. The van der Waals surface area contributed by atoms with E-state index in [1.54, 1.807) is 17.8 Å². The number of hydrogen-bond donors (Lipinski definition) is 0. The van der Waals surface area contributed by atoms with E-state index in [1.807, 2.05) is 0 Å². The van der Waals surface area contributed by atoms with E-state index in [2.05, 4.69) is 5.10 Å². The van der Waals surface area contributed by atoms with Crippen LogP contribution in [-0.4, -0.2) is 31.4 Å². The van der Waals surface area contributed by atoms with Gasteiger partial charge in [0, 0.05) is 29.0 Å². The van der Waals surface area contributed by atoms with Crippen molar-refractivity contribution in [3.63, 3.8) is 0 Å². The molecule has 0 N–H and O–H groups in total. The van der Waals surface area contributed by atoms with Gasteiger partial charge in [0.05, 0.1) is 24.1 Å². The summed E-state index contributed by atoms with van der Waals surface area (Å²) in [7, 11) is 1.70. The number of rotatable bonds is 3. The van der Waals surface area contributed by atoms with Crippen molar-refractivity contribution in [2.45, 2.75) is 25.1 Å². The molecule has 0 radical (unpaired) electrons. The van der Waals surface area contributed by atoms with E-state index in [0.29, 0.717) is 17.9 Å². The van der Waals surface area contributed by atoms with Crippen molar-refractivity contribution in [3.05, 3.63) is 17.5 Å². The Hall–Kier alpha value is -0.590. The predicted octanol–water partition coefficient (Wildman–Crippen LogP) is 1.22. The average Bonchev–Trinajstić information content (AvgIpc) is 2.73. The van der Waals surface area contributed by atoms with Gasteiger partial charge >= 0.3 is 0 Å². The van der Waals surface area contributed by atoms with Crippen LogP contribution in [0.1, 0.15) is 23.7 Å². The molecule has 5 nitrogen and oxygen atoms in total. The van der Waals surface area contributed by atoms with E-state index in [4.69, 9.17) is 15.4 Å². The van der Waals surface area contributed by atoms with Crippen molar-refractivity contribution in [1.29, 1.82) is 0 Å². The molecule has 0 aliphatic carbocycles. The van der Waals surface area contributed by atoms with Gasteiger partial charge in [0.1, 0.15) is 0 Å². The molecular weight excluding hydrogens is 252 g/mol. The maximum absolute atomic E-state index is 11.0. The number of nitrogens with zero attached hydrogens (tertiary/aromatic N) is 2. The lowest BCUT2D eigenvalue weighted by Crippen LogP contribution is -2.09. The Labute approximate surface area is 98.8 Å². The molecule has 0 saturated carbocycles. The van der Waals surface area contributed by atoms with Gasteiger partial charge in [0.15, 0.2) is 0 Å². The van der Waals surface area contributed by atoms with Crippen LogP contribution in [0.15, 0.2) is 6.20 Å². The lowest BCUT2D eigenvalue weighted by molar-refractivity contribution is 0.184. The van der Waals surface area contributed by atoms with E-state index < -0.39 is 9.05 Å². The Morgan fingerprint density at radius 1 is 1.69 bits per heavy atom. The first-order valence-electron chi connectivity index (χ1n) is 5.00. The fourth-order valence-corrected chi connectivity index (χ4v) is 2.77. The van der Waals surface area contributed by atoms with E-state index >= 15 is 0 Å². The molecule has 2 heterocycles. The normalized spacial score (nSPS) is 21.5. The van der Waals surface area contributed by atoms with Crippen LogP contribution in [0.2, 0.25) is 0 Å². The fraction of sp³-hybridized carbons (Fsp3) is 0.667. The highest BCUT2D eigenvalue weighted by atomic mass is 35.7. The third-order valence-corrected chi connectivity index (χ3v) is 3.61. The highest BCUT2D eigenvalue weighted by Crippen LogP contribution is 2.21. The standard InChI is InChI=1S/C9H13ClN2O3S/c1-7-8(6-16(10,13)14)4-12(11-7)9-2-3-15-5-9/h4,9H,2-3,5-6H2,1H3. The Morgan fingerprint density at radius 2 is 2.44 bits per heavy atom. The summed E-state index contributed by atoms with van der Waals surface area (Å²) in [6.45, 7) is 3.14. The Morgan fingerprint density at radius 3 is 3.00 bits per heavy atom. The molecule has 0 bridgehead atoms. The summed E-state index contributed by atoms with van der Waals surface area (Å²) in [5.74, 6) is -0.173. The van der Waals surface area contributed by atoms with Gasteiger partial charge < -0.3 is 4.74 Å². The largest absolute Gasteiger partial charge is 0.379 e. The van der Waals surface area contributed by atoms with Crippen LogP contribution in [0.25, 0.3) is 0 Å². The van der Waals surface area contributed by atoms with E-state index in [-0.39, 0.29) is 11.8 Å². The highest BCUT2D eigenvalue weighted by molar-refractivity contribution is 8.13. The first kappa shape index (κ1) is 11.9. The second kappa shape index (κ2) is 4.35. The van der Waals surface area contributed by atoms with Crippen LogP contribution in [0.3, 0.4) is 0 Å². The van der Waals surface area contributed by atoms with E-state index in [9.17, 15) is 8.42 Å². The van der Waals surface area contributed by atoms with Gasteiger partial charge in [-0.2, -0.15) is 5.10 Å². The molecule has 0 spiro atoms. The van der Waals surface area contributed by atoms with Gasteiger partial charge in [-0.05, 0) is 13.3 Å². The lowest BCUT2D eigenvalue weighted by atomic mass is 10.2. The Balaban J connectivity index is 2.21. The minimum atomic E-state index is -3.52. The van der Waals surface area contributed by atoms with Crippen LogP contribution < -0.4 is 0 Å². The van der Waals surface area contributed by atoms with Crippen molar-refractivity contribution in [3.8, 4) is 0 Å². The van der Waals surface area contributed by atoms with Crippen molar-refractivity contribution in [1.82, 2.24) is 9.78 Å². The zero-order valence-corrected chi connectivity index (χ0v) is 10.5. The first-order chi connectivity index (χ1) is 7.46. The van der Waals surface area contributed by atoms with Gasteiger partial charge in [-0.25, -0.2) is 8.42 Å². The van der Waals surface area contributed by atoms with E-state index in [0.717, 1.165) is 13.0 Å². The number of aryl methyl sites for hydroxylation is 1. The van der Waals surface area contributed by atoms with Crippen molar-refractivity contribution >= 4 is 19.7 Å². The zero-order valence-electron chi connectivity index (χ0n) is 8.89. The predicted molar refractivity (Wildman–Crippen MR) is 59.9 cm³/mol. The SMILES string of the molecule is Cc1nn(C2CCOC2)cc1CS(=O)(=O)Cl. The second-order valence-electron chi connectivity index (χ2n) is 3.92. The Kier molecular flexibility index (Phi) is 3.23. The van der Waals surface area contributed by atoms with Gasteiger partial charge in [0.25, 0.3) is 0 Å². The highest BCUT2D eigenvalue weighted by Gasteiger charge is 2.20. The topological polar surface area (TPSA) is 61.2 Å². The molecule has 1 aromatic rings. The maximum Gasteiger partial charge on any atom is 0.236 e.